The molecule has 1 aromatic heterocycles. The summed E-state index contributed by atoms with van der Waals surface area (Å²) in [5.41, 5.74) is -0.155. The molecule has 94 valence electrons. The van der Waals surface area contributed by atoms with Crippen LogP contribution in [0, 0.1) is 5.82 Å². The van der Waals surface area contributed by atoms with Crippen LogP contribution in [0.2, 0.25) is 5.15 Å². The molecule has 0 radical (unpaired) electrons. The Bertz CT molecular complexity index is 630. The quantitative estimate of drug-likeness (QED) is 0.859. The van der Waals surface area contributed by atoms with E-state index in [4.69, 9.17) is 11.6 Å². The van der Waals surface area contributed by atoms with Crippen LogP contribution < -0.4 is 11.2 Å². The first-order chi connectivity index (χ1) is 8.56. The standard InChI is InChI=1S/C12H10ClFN2O2/c13-10-7-11(17)16(12(18)15-10)6-5-8-1-3-9(14)4-2-8/h1-4,7H,5-6H2,(H,15,18). The number of nitrogens with zero attached hydrogens (tertiary/aromatic N) is 1. The Morgan fingerprint density at radius 3 is 2.50 bits per heavy atom. The number of hydrogen-bond donors (Lipinski definition) is 1. The molecule has 0 saturated heterocycles. The van der Waals surface area contributed by atoms with Gasteiger partial charge in [-0.3, -0.25) is 14.3 Å². The molecule has 2 rings (SSSR count). The Balaban J connectivity index is 2.18. The normalized spacial score (nSPS) is 10.6. The van der Waals surface area contributed by atoms with E-state index in [0.29, 0.717) is 6.42 Å². The van der Waals surface area contributed by atoms with Crippen LogP contribution in [-0.2, 0) is 13.0 Å². The van der Waals surface area contributed by atoms with Crippen LogP contribution in [0.4, 0.5) is 4.39 Å². The van der Waals surface area contributed by atoms with Crippen molar-refractivity contribution in [2.45, 2.75) is 13.0 Å². The van der Waals surface area contributed by atoms with Crippen molar-refractivity contribution < 1.29 is 4.39 Å². The highest BCUT2D eigenvalue weighted by Crippen LogP contribution is 2.04. The van der Waals surface area contributed by atoms with E-state index < -0.39 is 11.2 Å². The molecular weight excluding hydrogens is 259 g/mol. The van der Waals surface area contributed by atoms with Crippen LogP contribution in [0.1, 0.15) is 5.56 Å². The third-order valence-electron chi connectivity index (χ3n) is 2.53. The fourth-order valence-corrected chi connectivity index (χ4v) is 1.77. The molecule has 0 amide bonds. The topological polar surface area (TPSA) is 54.9 Å². The molecule has 2 aromatic rings. The molecular formula is C12H10ClFN2O2. The van der Waals surface area contributed by atoms with Crippen LogP contribution in [0.25, 0.3) is 0 Å². The molecule has 0 spiro atoms. The summed E-state index contributed by atoms with van der Waals surface area (Å²) in [6.07, 6.45) is 0.463. The van der Waals surface area contributed by atoms with Crippen LogP contribution >= 0.6 is 11.6 Å². The van der Waals surface area contributed by atoms with Gasteiger partial charge in [-0.1, -0.05) is 23.7 Å². The molecule has 0 saturated carbocycles. The lowest BCUT2D eigenvalue weighted by Crippen LogP contribution is -2.35. The van der Waals surface area contributed by atoms with Crippen molar-refractivity contribution >= 4 is 11.6 Å². The van der Waals surface area contributed by atoms with Crippen molar-refractivity contribution in [1.29, 1.82) is 0 Å². The lowest BCUT2D eigenvalue weighted by molar-refractivity contribution is 0.617. The molecule has 18 heavy (non-hydrogen) atoms. The summed E-state index contributed by atoms with van der Waals surface area (Å²) >= 11 is 5.55. The van der Waals surface area contributed by atoms with E-state index >= 15 is 0 Å². The molecule has 6 heteroatoms. The number of hydrogen-bond acceptors (Lipinski definition) is 2. The lowest BCUT2D eigenvalue weighted by Gasteiger charge is -2.04. The maximum absolute atomic E-state index is 12.7. The molecule has 1 N–H and O–H groups in total. The number of nitrogens with one attached hydrogen (secondary N) is 1. The number of aromatic nitrogens is 2. The predicted octanol–water partition coefficient (Wildman–Crippen LogP) is 1.57. The minimum Gasteiger partial charge on any atom is -0.298 e. The number of H-pyrrole nitrogens is 1. The Labute approximate surface area is 107 Å². The van der Waals surface area contributed by atoms with Crippen molar-refractivity contribution in [3.8, 4) is 0 Å². The highest BCUT2D eigenvalue weighted by molar-refractivity contribution is 6.29. The van der Waals surface area contributed by atoms with Crippen molar-refractivity contribution in [3.63, 3.8) is 0 Å². The number of halogens is 2. The van der Waals surface area contributed by atoms with Gasteiger partial charge >= 0.3 is 5.69 Å². The van der Waals surface area contributed by atoms with Gasteiger partial charge in [0.2, 0.25) is 0 Å². The van der Waals surface area contributed by atoms with Crippen molar-refractivity contribution in [1.82, 2.24) is 9.55 Å². The van der Waals surface area contributed by atoms with Crippen LogP contribution in [0.3, 0.4) is 0 Å². The molecule has 0 bridgehead atoms. The second-order valence-corrected chi connectivity index (χ2v) is 4.20. The highest BCUT2D eigenvalue weighted by Gasteiger charge is 2.03. The molecule has 0 atom stereocenters. The molecule has 0 aliphatic heterocycles. The minimum atomic E-state index is -0.547. The van der Waals surface area contributed by atoms with E-state index in [1.54, 1.807) is 12.1 Å². The van der Waals surface area contributed by atoms with Crippen LogP contribution in [0.5, 0.6) is 0 Å². The average Bonchev–Trinajstić information content (AvgIpc) is 2.30. The predicted molar refractivity (Wildman–Crippen MR) is 66.4 cm³/mol. The largest absolute Gasteiger partial charge is 0.329 e. The van der Waals surface area contributed by atoms with Gasteiger partial charge in [-0.05, 0) is 24.1 Å². The SMILES string of the molecule is O=c1cc(Cl)[nH]c(=O)n1CCc1ccc(F)cc1. The smallest absolute Gasteiger partial charge is 0.298 e. The van der Waals surface area contributed by atoms with Crippen molar-refractivity contribution in [2.75, 3.05) is 0 Å². The first-order valence-electron chi connectivity index (χ1n) is 5.30. The van der Waals surface area contributed by atoms with Crippen LogP contribution in [-0.4, -0.2) is 9.55 Å². The lowest BCUT2D eigenvalue weighted by atomic mass is 10.1. The summed E-state index contributed by atoms with van der Waals surface area (Å²) in [7, 11) is 0. The van der Waals surface area contributed by atoms with Gasteiger partial charge in [0.25, 0.3) is 5.56 Å². The molecule has 4 nitrogen and oxygen atoms in total. The zero-order chi connectivity index (χ0) is 13.1. The molecule has 0 unspecified atom stereocenters. The van der Waals surface area contributed by atoms with Gasteiger partial charge < -0.3 is 0 Å². The monoisotopic (exact) mass is 268 g/mol. The average molecular weight is 269 g/mol. The molecule has 0 aliphatic carbocycles. The van der Waals surface area contributed by atoms with Gasteiger partial charge in [-0.25, -0.2) is 9.18 Å². The second-order valence-electron chi connectivity index (χ2n) is 3.79. The molecule has 0 aliphatic rings. The number of aryl methyl sites for hydroxylation is 1. The summed E-state index contributed by atoms with van der Waals surface area (Å²) in [6.45, 7) is 0.219. The van der Waals surface area contributed by atoms with E-state index in [9.17, 15) is 14.0 Å². The fourth-order valence-electron chi connectivity index (χ4n) is 1.60. The van der Waals surface area contributed by atoms with E-state index in [-0.39, 0.29) is 17.5 Å². The Morgan fingerprint density at radius 2 is 1.89 bits per heavy atom. The van der Waals surface area contributed by atoms with E-state index in [0.717, 1.165) is 16.2 Å². The second kappa shape index (κ2) is 5.18. The van der Waals surface area contributed by atoms with Crippen molar-refractivity contribution in [3.05, 3.63) is 67.7 Å². The third kappa shape index (κ3) is 2.87. The summed E-state index contributed by atoms with van der Waals surface area (Å²) in [6, 6.07) is 7.05. The number of benzene rings is 1. The number of rotatable bonds is 3. The van der Waals surface area contributed by atoms with E-state index in [1.165, 1.54) is 12.1 Å². The summed E-state index contributed by atoms with van der Waals surface area (Å²) in [5, 5.41) is 0.0167. The first-order valence-corrected chi connectivity index (χ1v) is 5.68. The maximum Gasteiger partial charge on any atom is 0.329 e. The minimum absolute atomic E-state index is 0.0167. The number of aromatic amines is 1. The van der Waals surface area contributed by atoms with Gasteiger partial charge in [0.05, 0.1) is 0 Å². The molecule has 1 aromatic carbocycles. The van der Waals surface area contributed by atoms with Gasteiger partial charge in [-0.2, -0.15) is 0 Å². The van der Waals surface area contributed by atoms with Gasteiger partial charge in [0.15, 0.2) is 0 Å². The van der Waals surface area contributed by atoms with Gasteiger partial charge in [-0.15, -0.1) is 0 Å². The summed E-state index contributed by atoms with van der Waals surface area (Å²) in [5.74, 6) is -0.319. The van der Waals surface area contributed by atoms with Crippen LogP contribution in [0.15, 0.2) is 39.9 Å². The van der Waals surface area contributed by atoms with Gasteiger partial charge in [0, 0.05) is 12.6 Å². The molecule has 0 fully saturated rings. The zero-order valence-corrected chi connectivity index (χ0v) is 10.1. The summed E-state index contributed by atoms with van der Waals surface area (Å²) < 4.78 is 13.7. The van der Waals surface area contributed by atoms with Crippen molar-refractivity contribution in [2.24, 2.45) is 0 Å². The maximum atomic E-state index is 12.7. The Kier molecular flexibility index (Phi) is 3.62. The third-order valence-corrected chi connectivity index (χ3v) is 2.73. The fraction of sp³-hybridized carbons (Fsp3) is 0.167. The Morgan fingerprint density at radius 1 is 1.22 bits per heavy atom. The Hall–Kier alpha value is -1.88. The zero-order valence-electron chi connectivity index (χ0n) is 9.32. The van der Waals surface area contributed by atoms with Gasteiger partial charge in [0.1, 0.15) is 11.0 Å². The summed E-state index contributed by atoms with van der Waals surface area (Å²) in [4.78, 5) is 25.4. The highest BCUT2D eigenvalue weighted by atomic mass is 35.5. The van der Waals surface area contributed by atoms with E-state index in [1.807, 2.05) is 0 Å². The van der Waals surface area contributed by atoms with E-state index in [2.05, 4.69) is 4.98 Å². The molecule has 1 heterocycles. The first kappa shape index (κ1) is 12.6.